The fourth-order valence-electron chi connectivity index (χ4n) is 3.42. The van der Waals surface area contributed by atoms with E-state index in [2.05, 4.69) is 5.32 Å². The van der Waals surface area contributed by atoms with Gasteiger partial charge >= 0.3 is 5.97 Å². The van der Waals surface area contributed by atoms with Gasteiger partial charge < -0.3 is 14.8 Å². The zero-order valence-electron chi connectivity index (χ0n) is 16.8. The lowest BCUT2D eigenvalue weighted by Crippen LogP contribution is -2.25. The number of halogens is 1. The summed E-state index contributed by atoms with van der Waals surface area (Å²) in [7, 11) is 0. The van der Waals surface area contributed by atoms with E-state index in [1.54, 1.807) is 6.07 Å². The first-order valence-corrected chi connectivity index (χ1v) is 10.1. The van der Waals surface area contributed by atoms with Crippen molar-refractivity contribution in [2.75, 3.05) is 11.9 Å². The SMILES string of the molecule is O=C(Cc1cccc([N+](=O)[O-])c1)Nc1ccc(F)cc1OCC(=O)OC1CCCCC1. The maximum atomic E-state index is 13.7. The smallest absolute Gasteiger partial charge is 0.344 e. The van der Waals surface area contributed by atoms with Gasteiger partial charge in [-0.25, -0.2) is 9.18 Å². The first-order chi connectivity index (χ1) is 14.9. The van der Waals surface area contributed by atoms with Crippen LogP contribution < -0.4 is 10.1 Å². The molecule has 0 radical (unpaired) electrons. The van der Waals surface area contributed by atoms with Crippen LogP contribution in [-0.4, -0.2) is 29.5 Å². The lowest BCUT2D eigenvalue weighted by molar-refractivity contribution is -0.384. The summed E-state index contributed by atoms with van der Waals surface area (Å²) in [6.45, 7) is -0.409. The first kappa shape index (κ1) is 22.2. The van der Waals surface area contributed by atoms with Crippen molar-refractivity contribution in [2.24, 2.45) is 0 Å². The van der Waals surface area contributed by atoms with E-state index in [-0.39, 0.29) is 29.6 Å². The van der Waals surface area contributed by atoms with Gasteiger partial charge in [0, 0.05) is 18.2 Å². The minimum absolute atomic E-state index is 0.00649. The normalized spacial score (nSPS) is 14.0. The lowest BCUT2D eigenvalue weighted by atomic mass is 9.98. The average Bonchev–Trinajstić information content (AvgIpc) is 2.74. The van der Waals surface area contributed by atoms with E-state index in [1.165, 1.54) is 24.3 Å². The Morgan fingerprint density at radius 3 is 2.65 bits per heavy atom. The second-order valence-electron chi connectivity index (χ2n) is 7.33. The maximum absolute atomic E-state index is 13.7. The highest BCUT2D eigenvalue weighted by molar-refractivity contribution is 5.93. The van der Waals surface area contributed by atoms with Gasteiger partial charge in [0.05, 0.1) is 17.0 Å². The molecule has 0 bridgehead atoms. The molecule has 0 saturated heterocycles. The monoisotopic (exact) mass is 430 g/mol. The van der Waals surface area contributed by atoms with Crippen molar-refractivity contribution in [2.45, 2.75) is 44.6 Å². The molecule has 0 spiro atoms. The van der Waals surface area contributed by atoms with Crippen molar-refractivity contribution in [3.8, 4) is 5.75 Å². The molecule has 1 fully saturated rings. The van der Waals surface area contributed by atoms with E-state index in [1.807, 2.05) is 0 Å². The topological polar surface area (TPSA) is 108 Å². The van der Waals surface area contributed by atoms with Gasteiger partial charge in [0.1, 0.15) is 17.7 Å². The van der Waals surface area contributed by atoms with Crippen LogP contribution >= 0.6 is 0 Å². The largest absolute Gasteiger partial charge is 0.480 e. The van der Waals surface area contributed by atoms with Crippen LogP contribution in [0.25, 0.3) is 0 Å². The number of carbonyl (C=O) groups excluding carboxylic acids is 2. The molecule has 0 heterocycles. The Kier molecular flexibility index (Phi) is 7.53. The number of amides is 1. The molecule has 1 aliphatic carbocycles. The van der Waals surface area contributed by atoms with Crippen LogP contribution in [0.2, 0.25) is 0 Å². The second kappa shape index (κ2) is 10.5. The highest BCUT2D eigenvalue weighted by Crippen LogP contribution is 2.26. The summed E-state index contributed by atoms with van der Waals surface area (Å²) >= 11 is 0. The average molecular weight is 430 g/mol. The number of anilines is 1. The quantitative estimate of drug-likeness (QED) is 0.383. The molecule has 164 valence electrons. The van der Waals surface area contributed by atoms with E-state index >= 15 is 0 Å². The number of rotatable bonds is 8. The summed E-state index contributed by atoms with van der Waals surface area (Å²) in [5.41, 5.74) is 0.516. The fraction of sp³-hybridized carbons (Fsp3) is 0.364. The molecule has 2 aromatic rings. The van der Waals surface area contributed by atoms with Gasteiger partial charge in [-0.2, -0.15) is 0 Å². The Balaban J connectivity index is 1.59. The minimum Gasteiger partial charge on any atom is -0.480 e. The van der Waals surface area contributed by atoms with Gasteiger partial charge in [0.25, 0.3) is 5.69 Å². The van der Waals surface area contributed by atoms with Gasteiger partial charge in [-0.15, -0.1) is 0 Å². The zero-order valence-corrected chi connectivity index (χ0v) is 16.8. The highest BCUT2D eigenvalue weighted by atomic mass is 19.1. The number of ether oxygens (including phenoxy) is 2. The van der Waals surface area contributed by atoms with E-state index in [0.717, 1.165) is 44.2 Å². The standard InChI is InChI=1S/C22H23FN2O6/c23-16-9-10-19(24-21(26)12-15-5-4-6-17(11-15)25(28)29)20(13-16)30-14-22(27)31-18-7-2-1-3-8-18/h4-6,9-11,13,18H,1-3,7-8,12,14H2,(H,24,26). The van der Waals surface area contributed by atoms with E-state index in [9.17, 15) is 24.1 Å². The maximum Gasteiger partial charge on any atom is 0.344 e. The van der Waals surface area contributed by atoms with E-state index in [4.69, 9.17) is 9.47 Å². The van der Waals surface area contributed by atoms with Crippen LogP contribution in [0.1, 0.15) is 37.7 Å². The molecule has 9 heteroatoms. The van der Waals surface area contributed by atoms with Crippen molar-refractivity contribution in [1.82, 2.24) is 0 Å². The van der Waals surface area contributed by atoms with Crippen LogP contribution in [0, 0.1) is 15.9 Å². The number of nitrogens with zero attached hydrogens (tertiary/aromatic N) is 1. The Morgan fingerprint density at radius 1 is 1.13 bits per heavy atom. The molecule has 1 amide bonds. The highest BCUT2D eigenvalue weighted by Gasteiger charge is 2.19. The van der Waals surface area contributed by atoms with Crippen molar-refractivity contribution in [3.63, 3.8) is 0 Å². The molecular formula is C22H23FN2O6. The predicted octanol–water partition coefficient (Wildman–Crippen LogP) is 4.17. The summed E-state index contributed by atoms with van der Waals surface area (Å²) in [5.74, 6) is -1.62. The van der Waals surface area contributed by atoms with Gasteiger partial charge in [0.15, 0.2) is 6.61 Å². The first-order valence-electron chi connectivity index (χ1n) is 10.1. The number of benzene rings is 2. The molecule has 2 aromatic carbocycles. The van der Waals surface area contributed by atoms with Gasteiger partial charge in [-0.3, -0.25) is 14.9 Å². The second-order valence-corrected chi connectivity index (χ2v) is 7.33. The Labute approximate surface area is 178 Å². The molecule has 1 aliphatic rings. The van der Waals surface area contributed by atoms with Crippen molar-refractivity contribution in [1.29, 1.82) is 0 Å². The molecule has 0 aromatic heterocycles. The fourth-order valence-corrected chi connectivity index (χ4v) is 3.42. The Morgan fingerprint density at radius 2 is 1.90 bits per heavy atom. The number of nitrogens with one attached hydrogen (secondary N) is 1. The molecule has 31 heavy (non-hydrogen) atoms. The summed E-state index contributed by atoms with van der Waals surface area (Å²) < 4.78 is 24.5. The summed E-state index contributed by atoms with van der Waals surface area (Å²) in [6, 6.07) is 9.26. The van der Waals surface area contributed by atoms with Gasteiger partial charge in [-0.05, 0) is 43.4 Å². The number of hydrogen-bond donors (Lipinski definition) is 1. The number of non-ortho nitro benzene ring substituents is 1. The van der Waals surface area contributed by atoms with Crippen molar-refractivity contribution in [3.05, 3.63) is 64.0 Å². The molecule has 8 nitrogen and oxygen atoms in total. The van der Waals surface area contributed by atoms with Crippen LogP contribution in [0.5, 0.6) is 5.75 Å². The minimum atomic E-state index is -0.590. The third-order valence-electron chi connectivity index (χ3n) is 4.90. The summed E-state index contributed by atoms with van der Waals surface area (Å²) in [6.07, 6.45) is 4.57. The number of hydrogen-bond acceptors (Lipinski definition) is 6. The molecule has 1 N–H and O–H groups in total. The molecule has 0 atom stereocenters. The number of nitro groups is 1. The van der Waals surface area contributed by atoms with Crippen LogP contribution in [0.3, 0.4) is 0 Å². The summed E-state index contributed by atoms with van der Waals surface area (Å²) in [5, 5.41) is 13.5. The number of nitro benzene ring substituents is 1. The molecule has 0 aliphatic heterocycles. The third kappa shape index (κ3) is 6.77. The van der Waals surface area contributed by atoms with Crippen LogP contribution in [0.15, 0.2) is 42.5 Å². The van der Waals surface area contributed by atoms with Gasteiger partial charge in [0.2, 0.25) is 5.91 Å². The van der Waals surface area contributed by atoms with Crippen molar-refractivity contribution < 1.29 is 28.4 Å². The molecular weight excluding hydrogens is 407 g/mol. The molecule has 0 unspecified atom stereocenters. The number of esters is 1. The Hall–Kier alpha value is -3.49. The van der Waals surface area contributed by atoms with E-state index < -0.39 is 29.2 Å². The lowest BCUT2D eigenvalue weighted by Gasteiger charge is -2.22. The van der Waals surface area contributed by atoms with Gasteiger partial charge in [-0.1, -0.05) is 18.6 Å². The Bertz CT molecular complexity index is 959. The van der Waals surface area contributed by atoms with Crippen molar-refractivity contribution >= 4 is 23.3 Å². The molecule has 3 rings (SSSR count). The third-order valence-corrected chi connectivity index (χ3v) is 4.90. The zero-order chi connectivity index (χ0) is 22.2. The number of carbonyl (C=O) groups is 2. The van der Waals surface area contributed by atoms with Crippen LogP contribution in [0.4, 0.5) is 15.8 Å². The predicted molar refractivity (Wildman–Crippen MR) is 110 cm³/mol. The van der Waals surface area contributed by atoms with E-state index in [0.29, 0.717) is 5.56 Å². The summed E-state index contributed by atoms with van der Waals surface area (Å²) in [4.78, 5) is 34.8. The molecule has 1 saturated carbocycles. The van der Waals surface area contributed by atoms with Crippen LogP contribution in [-0.2, 0) is 20.7 Å².